The number of hydrogen-bond donors (Lipinski definition) is 1. The minimum absolute atomic E-state index is 0.0567. The number of non-ortho nitro benzene ring substituents is 1. The van der Waals surface area contributed by atoms with Gasteiger partial charge >= 0.3 is 0 Å². The molecule has 36 heavy (non-hydrogen) atoms. The van der Waals surface area contributed by atoms with E-state index in [0.29, 0.717) is 0 Å². The molecule has 1 N–H and O–H groups in total. The van der Waals surface area contributed by atoms with Gasteiger partial charge < -0.3 is 14.6 Å². The topological polar surface area (TPSA) is 71.4 Å². The van der Waals surface area contributed by atoms with E-state index in [-0.39, 0.29) is 16.7 Å². The van der Waals surface area contributed by atoms with Gasteiger partial charge in [0.1, 0.15) is 5.75 Å². The maximum Gasteiger partial charge on any atom is 0.271 e. The Balaban J connectivity index is 1.64. The molecule has 1 aliphatic rings. The van der Waals surface area contributed by atoms with Gasteiger partial charge in [0.15, 0.2) is 0 Å². The molecule has 6 nitrogen and oxygen atoms in total. The molecule has 6 heteroatoms. The molecule has 0 saturated carbocycles. The summed E-state index contributed by atoms with van der Waals surface area (Å²) in [6.07, 6.45) is 4.20. The number of nitro benzene ring substituents is 1. The molecule has 0 bridgehead atoms. The summed E-state index contributed by atoms with van der Waals surface area (Å²) >= 11 is 0. The molecule has 0 radical (unpaired) electrons. The van der Waals surface area contributed by atoms with Crippen molar-refractivity contribution in [2.75, 3.05) is 12.0 Å². The fraction of sp³-hybridized carbons (Fsp3) is 0.0667. The van der Waals surface area contributed by atoms with Crippen molar-refractivity contribution in [3.63, 3.8) is 0 Å². The van der Waals surface area contributed by atoms with Crippen molar-refractivity contribution in [1.29, 1.82) is 0 Å². The molecule has 0 aliphatic carbocycles. The molecule has 6 rings (SSSR count). The summed E-state index contributed by atoms with van der Waals surface area (Å²) in [5.74, 6) is 0.778. The first-order valence-electron chi connectivity index (χ1n) is 11.7. The molecule has 1 atom stereocenters. The Labute approximate surface area is 208 Å². The predicted octanol–water partition coefficient (Wildman–Crippen LogP) is 7.19. The smallest absolute Gasteiger partial charge is 0.271 e. The molecular weight excluding hydrogens is 450 g/mol. The van der Waals surface area contributed by atoms with Gasteiger partial charge in [0.25, 0.3) is 5.69 Å². The third-order valence-corrected chi connectivity index (χ3v) is 6.70. The molecule has 1 unspecified atom stereocenters. The van der Waals surface area contributed by atoms with Gasteiger partial charge in [-0.25, -0.2) is 0 Å². The lowest BCUT2D eigenvalue weighted by Crippen LogP contribution is -2.31. The molecule has 0 amide bonds. The van der Waals surface area contributed by atoms with Crippen LogP contribution in [0.3, 0.4) is 0 Å². The number of aromatic nitrogens is 1. The van der Waals surface area contributed by atoms with Crippen LogP contribution in [0.5, 0.6) is 5.75 Å². The van der Waals surface area contributed by atoms with Crippen LogP contribution in [-0.2, 0) is 0 Å². The third kappa shape index (κ3) is 3.60. The zero-order valence-electron chi connectivity index (χ0n) is 19.6. The highest BCUT2D eigenvalue weighted by atomic mass is 16.6. The molecule has 176 valence electrons. The second-order valence-electron chi connectivity index (χ2n) is 8.73. The van der Waals surface area contributed by atoms with Crippen LogP contribution in [0.15, 0.2) is 103 Å². The lowest BCUT2D eigenvalue weighted by molar-refractivity contribution is -0.384. The van der Waals surface area contributed by atoms with Gasteiger partial charge in [0.05, 0.1) is 18.1 Å². The first-order valence-corrected chi connectivity index (χ1v) is 11.7. The normalized spacial score (nSPS) is 14.9. The van der Waals surface area contributed by atoms with Crippen molar-refractivity contribution in [3.05, 3.63) is 136 Å². The summed E-state index contributed by atoms with van der Waals surface area (Å²) in [6.45, 7) is 0. The maximum atomic E-state index is 11.7. The number of nitrogens with one attached hydrogen (secondary N) is 1. The molecule has 5 aromatic rings. The van der Waals surface area contributed by atoms with Gasteiger partial charge in [-0.2, -0.15) is 0 Å². The summed E-state index contributed by atoms with van der Waals surface area (Å²) in [5, 5.41) is 12.8. The number of hydrogen-bond acceptors (Lipinski definition) is 4. The first kappa shape index (κ1) is 21.7. The lowest BCUT2D eigenvalue weighted by atomic mass is 9.87. The van der Waals surface area contributed by atoms with Gasteiger partial charge in [-0.15, -0.1) is 0 Å². The second kappa shape index (κ2) is 8.74. The Morgan fingerprint density at radius 2 is 1.69 bits per heavy atom. The number of H-pyrrole nitrogens is 1. The number of ether oxygens (including phenoxy) is 1. The summed E-state index contributed by atoms with van der Waals surface area (Å²) in [4.78, 5) is 17.0. The van der Waals surface area contributed by atoms with Gasteiger partial charge in [0.2, 0.25) is 0 Å². The van der Waals surface area contributed by atoms with Crippen LogP contribution in [0.2, 0.25) is 0 Å². The lowest BCUT2D eigenvalue weighted by Gasteiger charge is -2.40. The van der Waals surface area contributed by atoms with Crippen LogP contribution in [0.25, 0.3) is 22.7 Å². The second-order valence-corrected chi connectivity index (χ2v) is 8.73. The van der Waals surface area contributed by atoms with Crippen LogP contribution in [0.1, 0.15) is 28.3 Å². The van der Waals surface area contributed by atoms with Gasteiger partial charge in [0, 0.05) is 52.2 Å². The van der Waals surface area contributed by atoms with Crippen molar-refractivity contribution in [1.82, 2.24) is 4.98 Å². The molecular formula is C30H23N3O3. The van der Waals surface area contributed by atoms with Crippen molar-refractivity contribution < 1.29 is 9.66 Å². The van der Waals surface area contributed by atoms with E-state index >= 15 is 0 Å². The Morgan fingerprint density at radius 1 is 0.889 bits per heavy atom. The van der Waals surface area contributed by atoms with Crippen LogP contribution in [0.4, 0.5) is 11.4 Å². The Kier molecular flexibility index (Phi) is 5.26. The zero-order valence-corrected chi connectivity index (χ0v) is 19.6. The molecule has 1 aliphatic heterocycles. The molecule has 0 fully saturated rings. The summed E-state index contributed by atoms with van der Waals surface area (Å²) in [7, 11) is 1.66. The van der Waals surface area contributed by atoms with Crippen molar-refractivity contribution in [2.24, 2.45) is 0 Å². The molecule has 0 spiro atoms. The molecule has 1 aromatic heterocycles. The summed E-state index contributed by atoms with van der Waals surface area (Å²) in [6, 6.07) is 31.1. The van der Waals surface area contributed by atoms with Crippen molar-refractivity contribution in [3.8, 4) is 5.75 Å². The van der Waals surface area contributed by atoms with Crippen LogP contribution in [0, 0.1) is 10.1 Å². The predicted molar refractivity (Wildman–Crippen MR) is 143 cm³/mol. The highest BCUT2D eigenvalue weighted by molar-refractivity contribution is 5.96. The van der Waals surface area contributed by atoms with Gasteiger partial charge in [-0.05, 0) is 41.0 Å². The largest absolute Gasteiger partial charge is 0.497 e. The number of anilines is 1. The first-order chi connectivity index (χ1) is 17.6. The number of methoxy groups -OCH3 is 1. The quantitative estimate of drug-likeness (QED) is 0.217. The highest BCUT2D eigenvalue weighted by Gasteiger charge is 2.33. The molecule has 2 heterocycles. The van der Waals surface area contributed by atoms with Gasteiger partial charge in [-0.1, -0.05) is 60.7 Å². The van der Waals surface area contributed by atoms with Crippen molar-refractivity contribution >= 4 is 34.1 Å². The summed E-state index contributed by atoms with van der Waals surface area (Å²) in [5.41, 5.74) is 7.10. The number of nitro groups is 1. The fourth-order valence-electron chi connectivity index (χ4n) is 5.05. The number of benzene rings is 4. The fourth-order valence-corrected chi connectivity index (χ4v) is 5.05. The minimum atomic E-state index is -0.347. The van der Waals surface area contributed by atoms with Crippen molar-refractivity contribution in [2.45, 2.75) is 6.04 Å². The monoisotopic (exact) mass is 473 g/mol. The average Bonchev–Trinajstić information content (AvgIpc) is 3.35. The Morgan fingerprint density at radius 3 is 2.50 bits per heavy atom. The van der Waals surface area contributed by atoms with E-state index < -0.39 is 0 Å². The van der Waals surface area contributed by atoms with E-state index in [4.69, 9.17) is 4.74 Å². The van der Waals surface area contributed by atoms with E-state index in [1.54, 1.807) is 19.2 Å². The molecule has 4 aromatic carbocycles. The van der Waals surface area contributed by atoms with E-state index in [1.807, 2.05) is 54.7 Å². The number of rotatable bonds is 5. The number of aromatic amines is 1. The highest BCUT2D eigenvalue weighted by Crippen LogP contribution is 2.47. The SMILES string of the molecule is COc1ccc2c(C3c4ccccc4C=C(c4ccccc4)N3c3cccc([N+](=O)[O-])c3)c[nH]c2c1. The zero-order chi connectivity index (χ0) is 24.6. The minimum Gasteiger partial charge on any atom is -0.497 e. The van der Waals surface area contributed by atoms with E-state index in [1.165, 1.54) is 6.07 Å². The Hall–Kier alpha value is -4.84. The maximum absolute atomic E-state index is 11.7. The van der Waals surface area contributed by atoms with E-state index in [9.17, 15) is 10.1 Å². The number of nitrogens with zero attached hydrogens (tertiary/aromatic N) is 2. The Bertz CT molecular complexity index is 1620. The van der Waals surface area contributed by atoms with E-state index in [2.05, 4.69) is 46.3 Å². The van der Waals surface area contributed by atoms with Crippen LogP contribution < -0.4 is 9.64 Å². The third-order valence-electron chi connectivity index (χ3n) is 6.70. The molecule has 0 saturated heterocycles. The standard InChI is InChI=1S/C30H23N3O3/c1-36-24-14-15-26-27(19-31-28(26)18-24)30-25-13-6-5-10-21(25)16-29(20-8-3-2-4-9-20)32(30)22-11-7-12-23(17-22)33(34)35/h2-19,30-31H,1H3. The van der Waals surface area contributed by atoms with Crippen LogP contribution in [-0.4, -0.2) is 17.0 Å². The van der Waals surface area contributed by atoms with E-state index in [0.717, 1.165) is 50.3 Å². The average molecular weight is 474 g/mol. The van der Waals surface area contributed by atoms with Crippen LogP contribution >= 0.6 is 0 Å². The number of fused-ring (bicyclic) bond motifs is 2. The summed E-state index contributed by atoms with van der Waals surface area (Å²) < 4.78 is 5.43. The van der Waals surface area contributed by atoms with Gasteiger partial charge in [-0.3, -0.25) is 10.1 Å².